The van der Waals surface area contributed by atoms with Crippen LogP contribution in [0.5, 0.6) is 5.75 Å². The number of nitro groups is 1. The molecule has 30 heavy (non-hydrogen) atoms. The molecule has 1 saturated heterocycles. The minimum atomic E-state index is -1.92. The van der Waals surface area contributed by atoms with Gasteiger partial charge in [0.15, 0.2) is 5.84 Å². The molecule has 3 aliphatic heterocycles. The van der Waals surface area contributed by atoms with Gasteiger partial charge in [0.1, 0.15) is 36.8 Å². The highest BCUT2D eigenvalue weighted by Gasteiger charge is 2.50. The number of phenolic OH excluding ortho intramolecular Hbond substituents is 1. The standard InChI is InChI=1S/C17H19N5O7S/c23-5-11-12(25)13(30)16(29-11)21-7-19-14-15(21)18-6-20-17(14,26)4-8-3-9(22(27)28)1-2-10(8)24/h1-3,6,11-13,16,23-26,30H,4-5,7H2/t11-,12-,13-,16-,17?/m1/s1. The van der Waals surface area contributed by atoms with Crippen molar-refractivity contribution in [3.8, 4) is 5.75 Å². The van der Waals surface area contributed by atoms with Crippen molar-refractivity contribution in [2.24, 2.45) is 15.0 Å². The molecule has 1 unspecified atom stereocenters. The molecule has 13 heteroatoms. The number of aliphatic imine (C=N–C) groups is 3. The maximum atomic E-state index is 11.2. The van der Waals surface area contributed by atoms with Crippen LogP contribution in [-0.2, 0) is 11.2 Å². The molecule has 0 amide bonds. The smallest absolute Gasteiger partial charge is 0.269 e. The predicted octanol–water partition coefficient (Wildman–Crippen LogP) is -0.938. The maximum Gasteiger partial charge on any atom is 0.269 e. The van der Waals surface area contributed by atoms with Crippen molar-refractivity contribution in [1.29, 1.82) is 0 Å². The Kier molecular flexibility index (Phi) is 5.23. The van der Waals surface area contributed by atoms with Gasteiger partial charge in [-0.15, -0.1) is 0 Å². The Balaban J connectivity index is 1.59. The number of benzene rings is 1. The number of hydrogen-bond donors (Lipinski definition) is 5. The first kappa shape index (κ1) is 20.7. The fourth-order valence-electron chi connectivity index (χ4n) is 3.66. The van der Waals surface area contributed by atoms with E-state index in [2.05, 4.69) is 27.6 Å². The molecule has 0 bridgehead atoms. The third-order valence-electron chi connectivity index (χ3n) is 5.23. The van der Waals surface area contributed by atoms with Gasteiger partial charge in [-0.05, 0) is 6.07 Å². The number of aromatic hydroxyl groups is 1. The van der Waals surface area contributed by atoms with Crippen LogP contribution in [0, 0.1) is 10.1 Å². The number of aliphatic hydroxyl groups is 3. The van der Waals surface area contributed by atoms with E-state index in [1.807, 2.05) is 0 Å². The van der Waals surface area contributed by atoms with Crippen LogP contribution in [0.1, 0.15) is 5.56 Å². The van der Waals surface area contributed by atoms with Gasteiger partial charge in [-0.3, -0.25) is 15.1 Å². The molecule has 1 aromatic rings. The SMILES string of the molecule is O=[N+]([O-])c1ccc(O)c(CC2(O)N=CN=C3C2=NCN3[C@@H]2O[C@H](CO)[C@@H](O)[C@H]2S)c1. The van der Waals surface area contributed by atoms with Gasteiger partial charge in [0.05, 0.1) is 22.9 Å². The van der Waals surface area contributed by atoms with Crippen molar-refractivity contribution in [3.05, 3.63) is 33.9 Å². The molecule has 5 atom stereocenters. The summed E-state index contributed by atoms with van der Waals surface area (Å²) >= 11 is 4.37. The molecule has 4 N–H and O–H groups in total. The molecule has 0 saturated carbocycles. The number of non-ortho nitro benzene ring substituents is 1. The first-order chi connectivity index (χ1) is 14.2. The summed E-state index contributed by atoms with van der Waals surface area (Å²) in [5.41, 5.74) is -1.94. The third-order valence-corrected chi connectivity index (χ3v) is 5.79. The van der Waals surface area contributed by atoms with Gasteiger partial charge >= 0.3 is 0 Å². The zero-order chi connectivity index (χ0) is 21.6. The Labute approximate surface area is 175 Å². The summed E-state index contributed by atoms with van der Waals surface area (Å²) in [4.78, 5) is 24.5. The Morgan fingerprint density at radius 2 is 2.20 bits per heavy atom. The fourth-order valence-corrected chi connectivity index (χ4v) is 4.09. The van der Waals surface area contributed by atoms with Gasteiger partial charge in [-0.2, -0.15) is 12.6 Å². The van der Waals surface area contributed by atoms with E-state index in [1.54, 1.807) is 4.90 Å². The number of amidine groups is 1. The van der Waals surface area contributed by atoms with E-state index in [0.717, 1.165) is 18.5 Å². The number of thiol groups is 1. The average molecular weight is 437 g/mol. The second-order valence-corrected chi connectivity index (χ2v) is 7.70. The summed E-state index contributed by atoms with van der Waals surface area (Å²) < 4.78 is 5.67. The lowest BCUT2D eigenvalue weighted by Crippen LogP contribution is -2.51. The second-order valence-electron chi connectivity index (χ2n) is 7.11. The first-order valence-electron chi connectivity index (χ1n) is 8.99. The van der Waals surface area contributed by atoms with E-state index >= 15 is 0 Å². The maximum absolute atomic E-state index is 11.2. The molecule has 0 radical (unpaired) electrons. The summed E-state index contributed by atoms with van der Waals surface area (Å²) in [5, 5.41) is 51.2. The molecule has 3 aliphatic rings. The second kappa shape index (κ2) is 7.59. The molecule has 0 spiro atoms. The lowest BCUT2D eigenvalue weighted by atomic mass is 9.95. The highest BCUT2D eigenvalue weighted by molar-refractivity contribution is 7.81. The Morgan fingerprint density at radius 3 is 2.87 bits per heavy atom. The number of fused-ring (bicyclic) bond motifs is 1. The summed E-state index contributed by atoms with van der Waals surface area (Å²) in [7, 11) is 0. The molecule has 4 rings (SSSR count). The molecule has 12 nitrogen and oxygen atoms in total. The van der Waals surface area contributed by atoms with Gasteiger partial charge < -0.3 is 30.1 Å². The summed E-state index contributed by atoms with van der Waals surface area (Å²) in [6.07, 6.45) is -1.74. The van der Waals surface area contributed by atoms with Crippen LogP contribution in [0.15, 0.2) is 33.2 Å². The zero-order valence-electron chi connectivity index (χ0n) is 15.4. The van der Waals surface area contributed by atoms with Crippen molar-refractivity contribution in [2.75, 3.05) is 13.3 Å². The van der Waals surface area contributed by atoms with Crippen LogP contribution in [-0.4, -0.2) is 90.8 Å². The van der Waals surface area contributed by atoms with E-state index < -0.39 is 34.3 Å². The van der Waals surface area contributed by atoms with Crippen molar-refractivity contribution in [3.63, 3.8) is 0 Å². The average Bonchev–Trinajstić information content (AvgIpc) is 3.26. The summed E-state index contributed by atoms with van der Waals surface area (Å²) in [5.74, 6) is 0.0134. The monoisotopic (exact) mass is 437 g/mol. The normalized spacial score (nSPS) is 32.7. The molecule has 1 fully saturated rings. The van der Waals surface area contributed by atoms with Crippen LogP contribution in [0.2, 0.25) is 0 Å². The largest absolute Gasteiger partial charge is 0.508 e. The number of nitro benzene ring substituents is 1. The van der Waals surface area contributed by atoms with Gasteiger partial charge in [0.2, 0.25) is 5.72 Å². The fraction of sp³-hybridized carbons (Fsp3) is 0.471. The quantitative estimate of drug-likeness (QED) is 0.223. The van der Waals surface area contributed by atoms with Gasteiger partial charge in [-0.1, -0.05) is 0 Å². The van der Waals surface area contributed by atoms with E-state index in [0.29, 0.717) is 0 Å². The lowest BCUT2D eigenvalue weighted by Gasteiger charge is -2.32. The molecule has 3 heterocycles. The Bertz CT molecular complexity index is 970. The van der Waals surface area contributed by atoms with Crippen LogP contribution < -0.4 is 0 Å². The Hall–Kier alpha value is -2.58. The molecular weight excluding hydrogens is 418 g/mol. The van der Waals surface area contributed by atoms with Crippen LogP contribution in [0.25, 0.3) is 0 Å². The summed E-state index contributed by atoms with van der Waals surface area (Å²) in [6, 6.07) is 3.49. The zero-order valence-corrected chi connectivity index (χ0v) is 16.3. The number of rotatable bonds is 5. The number of aliphatic hydroxyl groups excluding tert-OH is 2. The van der Waals surface area contributed by atoms with Crippen molar-refractivity contribution in [2.45, 2.75) is 35.8 Å². The van der Waals surface area contributed by atoms with Crippen LogP contribution in [0.3, 0.4) is 0 Å². The van der Waals surface area contributed by atoms with E-state index in [-0.39, 0.29) is 48.2 Å². The highest BCUT2D eigenvalue weighted by atomic mass is 32.1. The van der Waals surface area contributed by atoms with Crippen LogP contribution in [0.4, 0.5) is 5.69 Å². The number of phenols is 1. The summed E-state index contributed by atoms with van der Waals surface area (Å²) in [6.45, 7) is -0.354. The number of nitrogens with zero attached hydrogens (tertiary/aromatic N) is 5. The highest BCUT2D eigenvalue weighted by Crippen LogP contribution is 2.34. The van der Waals surface area contributed by atoms with Crippen LogP contribution >= 0.6 is 12.6 Å². The number of hydrogen-bond acceptors (Lipinski definition) is 12. The van der Waals surface area contributed by atoms with E-state index in [9.17, 15) is 30.5 Å². The topological polar surface area (TPSA) is 174 Å². The molecule has 0 aliphatic carbocycles. The molecule has 1 aromatic carbocycles. The molecular formula is C17H19N5O7S. The minimum Gasteiger partial charge on any atom is -0.508 e. The van der Waals surface area contributed by atoms with Crippen molar-refractivity contribution < 1.29 is 30.1 Å². The van der Waals surface area contributed by atoms with E-state index in [1.165, 1.54) is 6.07 Å². The minimum absolute atomic E-state index is 0.0351. The lowest BCUT2D eigenvalue weighted by molar-refractivity contribution is -0.384. The predicted molar refractivity (Wildman–Crippen MR) is 108 cm³/mol. The van der Waals surface area contributed by atoms with Gasteiger partial charge in [-0.25, -0.2) is 9.98 Å². The number of ether oxygens (including phenoxy) is 1. The Morgan fingerprint density at radius 1 is 1.43 bits per heavy atom. The van der Waals surface area contributed by atoms with Crippen molar-refractivity contribution >= 4 is 36.2 Å². The van der Waals surface area contributed by atoms with Crippen molar-refractivity contribution in [1.82, 2.24) is 4.90 Å². The third kappa shape index (κ3) is 3.33. The molecule has 160 valence electrons. The van der Waals surface area contributed by atoms with Gasteiger partial charge in [0, 0.05) is 24.1 Å². The molecule has 0 aromatic heterocycles. The van der Waals surface area contributed by atoms with Gasteiger partial charge in [0.25, 0.3) is 5.69 Å². The first-order valence-corrected chi connectivity index (χ1v) is 9.51. The van der Waals surface area contributed by atoms with E-state index in [4.69, 9.17) is 4.74 Å².